The van der Waals surface area contributed by atoms with Crippen molar-refractivity contribution in [3.63, 3.8) is 0 Å². The molecule has 218 valence electrons. The monoisotopic (exact) mass is 612 g/mol. The molecule has 0 aliphatic rings. The van der Waals surface area contributed by atoms with E-state index in [1.807, 2.05) is 0 Å². The van der Waals surface area contributed by atoms with Crippen LogP contribution in [0.15, 0.2) is 65.7 Å². The maximum absolute atomic E-state index is 14.2. The Labute approximate surface area is 238 Å². The molecule has 0 bridgehead atoms. The third-order valence-corrected chi connectivity index (χ3v) is 7.39. The number of fused-ring (bicyclic) bond motifs is 1. The van der Waals surface area contributed by atoms with Crippen molar-refractivity contribution < 1.29 is 45.4 Å². The van der Waals surface area contributed by atoms with E-state index >= 15 is 0 Å². The third-order valence-electron chi connectivity index (χ3n) is 6.06. The number of sulfone groups is 1. The third kappa shape index (κ3) is 6.63. The maximum atomic E-state index is 14.2. The number of nitrogens with zero attached hydrogens (tertiary/aromatic N) is 1. The van der Waals surface area contributed by atoms with Gasteiger partial charge in [-0.1, -0.05) is 17.7 Å². The highest BCUT2D eigenvalue weighted by Crippen LogP contribution is 2.37. The number of ketones is 1. The lowest BCUT2D eigenvalue weighted by Gasteiger charge is -2.22. The van der Waals surface area contributed by atoms with E-state index in [0.29, 0.717) is 16.1 Å². The second-order valence-electron chi connectivity index (χ2n) is 8.78. The fourth-order valence-electron chi connectivity index (χ4n) is 4.24. The zero-order valence-corrected chi connectivity index (χ0v) is 23.6. The lowest BCUT2D eigenvalue weighted by Crippen LogP contribution is -2.22. The number of hydrogen-bond donors (Lipinski definition) is 1. The van der Waals surface area contributed by atoms with Crippen LogP contribution >= 0.6 is 11.6 Å². The molecule has 0 amide bonds. The zero-order valence-electron chi connectivity index (χ0n) is 22.1. The smallest absolute Gasteiger partial charge is 0.497 e. The summed E-state index contributed by atoms with van der Waals surface area (Å²) in [6.07, 6.45) is -2.60. The van der Waals surface area contributed by atoms with Crippen LogP contribution in [0.25, 0.3) is 10.9 Å². The van der Waals surface area contributed by atoms with E-state index in [2.05, 4.69) is 10.1 Å². The van der Waals surface area contributed by atoms with Crippen molar-refractivity contribution in [2.24, 2.45) is 0 Å². The lowest BCUT2D eigenvalue weighted by atomic mass is 9.95. The number of Topliss-reactive ketones (excluding diaryl/α,β-unsaturated/α-hetero) is 1. The van der Waals surface area contributed by atoms with Gasteiger partial charge in [-0.15, -0.1) is 13.2 Å². The average Bonchev–Trinajstić information content (AvgIpc) is 3.27. The first-order chi connectivity index (χ1) is 19.2. The molecule has 1 unspecified atom stereocenters. The van der Waals surface area contributed by atoms with Gasteiger partial charge < -0.3 is 24.4 Å². The van der Waals surface area contributed by atoms with Gasteiger partial charge in [0.05, 0.1) is 30.8 Å². The van der Waals surface area contributed by atoms with E-state index in [9.17, 15) is 26.4 Å². The highest BCUT2D eigenvalue weighted by molar-refractivity contribution is 7.90. The Hall–Kier alpha value is -4.10. The SMILES string of the molecule is COc1cc(NC(C(=O)c2cn(OC)c3ccc(OC(F)(F)F)cc23)c2ccc(Cl)cc2OC)cc(S(C)(=O)=O)c1. The number of methoxy groups -OCH3 is 2. The Morgan fingerprint density at radius 1 is 0.976 bits per heavy atom. The number of aromatic nitrogens is 1. The average molecular weight is 613 g/mol. The molecule has 1 heterocycles. The van der Waals surface area contributed by atoms with Crippen LogP contribution in [0.4, 0.5) is 18.9 Å². The predicted octanol–water partition coefficient (Wildman–Crippen LogP) is 5.71. The molecular formula is C27H24ClF3N2O7S. The van der Waals surface area contributed by atoms with Crippen molar-refractivity contribution in [1.29, 1.82) is 0 Å². The first kappa shape index (κ1) is 29.9. The van der Waals surface area contributed by atoms with E-state index in [0.717, 1.165) is 18.4 Å². The van der Waals surface area contributed by atoms with Crippen molar-refractivity contribution in [1.82, 2.24) is 4.73 Å². The number of alkyl halides is 3. The number of halogens is 4. The first-order valence-corrected chi connectivity index (χ1v) is 14.0. The van der Waals surface area contributed by atoms with Gasteiger partial charge in [0.2, 0.25) is 0 Å². The Morgan fingerprint density at radius 2 is 1.71 bits per heavy atom. The van der Waals surface area contributed by atoms with E-state index in [1.165, 1.54) is 68.7 Å². The van der Waals surface area contributed by atoms with E-state index < -0.39 is 33.8 Å². The van der Waals surface area contributed by atoms with E-state index in [1.54, 1.807) is 6.07 Å². The van der Waals surface area contributed by atoms with Gasteiger partial charge in [0.25, 0.3) is 0 Å². The van der Waals surface area contributed by atoms with Gasteiger partial charge in [0.1, 0.15) is 30.4 Å². The van der Waals surface area contributed by atoms with Crippen LogP contribution in [-0.2, 0) is 9.84 Å². The molecule has 0 fully saturated rings. The molecule has 0 spiro atoms. The van der Waals surface area contributed by atoms with Gasteiger partial charge in [-0.3, -0.25) is 4.79 Å². The molecule has 14 heteroatoms. The van der Waals surface area contributed by atoms with Crippen LogP contribution in [0, 0.1) is 0 Å². The van der Waals surface area contributed by atoms with Crippen molar-refractivity contribution in [3.05, 3.63) is 76.9 Å². The van der Waals surface area contributed by atoms with Gasteiger partial charge in [0.15, 0.2) is 15.6 Å². The van der Waals surface area contributed by atoms with Gasteiger partial charge in [0, 0.05) is 39.5 Å². The topological polar surface area (TPSA) is 105 Å². The predicted molar refractivity (Wildman–Crippen MR) is 146 cm³/mol. The molecule has 4 aromatic rings. The molecule has 41 heavy (non-hydrogen) atoms. The molecule has 1 aromatic heterocycles. The van der Waals surface area contributed by atoms with Crippen molar-refractivity contribution in [2.45, 2.75) is 17.3 Å². The number of rotatable bonds is 10. The summed E-state index contributed by atoms with van der Waals surface area (Å²) < 4.78 is 79.5. The minimum absolute atomic E-state index is 0.0183. The summed E-state index contributed by atoms with van der Waals surface area (Å²) in [6.45, 7) is 0. The number of carbonyl (C=O) groups excluding carboxylic acids is 1. The van der Waals surface area contributed by atoms with Crippen LogP contribution in [0.1, 0.15) is 22.0 Å². The molecule has 1 atom stereocenters. The molecule has 4 rings (SSSR count). The molecule has 0 radical (unpaired) electrons. The van der Waals surface area contributed by atoms with Gasteiger partial charge in [-0.2, -0.15) is 4.73 Å². The van der Waals surface area contributed by atoms with Crippen molar-refractivity contribution in [3.8, 4) is 17.2 Å². The summed E-state index contributed by atoms with van der Waals surface area (Å²) in [5.74, 6) is -0.716. The van der Waals surface area contributed by atoms with Gasteiger partial charge >= 0.3 is 6.36 Å². The molecule has 0 saturated carbocycles. The van der Waals surface area contributed by atoms with E-state index in [4.69, 9.17) is 25.9 Å². The fourth-order valence-corrected chi connectivity index (χ4v) is 5.07. The second kappa shape index (κ2) is 11.4. The number of carbonyl (C=O) groups is 1. The summed E-state index contributed by atoms with van der Waals surface area (Å²) in [4.78, 5) is 19.5. The summed E-state index contributed by atoms with van der Waals surface area (Å²) in [5, 5.41) is 3.47. The standard InChI is InChI=1S/C27H24ClF3N2O7S/c1-37-18-10-16(11-19(12-18)41(4,35)36)32-25(20-7-5-15(28)9-24(20)38-2)26(34)22-14-33(39-3)23-8-6-17(13-21(22)23)40-27(29,30)31/h5-14,25,32H,1-4H3. The largest absolute Gasteiger partial charge is 0.573 e. The molecule has 0 aliphatic heterocycles. The number of anilines is 1. The maximum Gasteiger partial charge on any atom is 0.573 e. The molecular weight excluding hydrogens is 589 g/mol. The minimum atomic E-state index is -4.95. The highest BCUT2D eigenvalue weighted by atomic mass is 35.5. The summed E-state index contributed by atoms with van der Waals surface area (Å²) in [6, 6.07) is 11.0. The van der Waals surface area contributed by atoms with Crippen LogP contribution in [0.3, 0.4) is 0 Å². The summed E-state index contributed by atoms with van der Waals surface area (Å²) in [5.41, 5.74) is 0.798. The highest BCUT2D eigenvalue weighted by Gasteiger charge is 2.33. The Balaban J connectivity index is 1.91. The van der Waals surface area contributed by atoms with Crippen LogP contribution in [0.5, 0.6) is 17.2 Å². The minimum Gasteiger partial charge on any atom is -0.497 e. The number of nitrogens with one attached hydrogen (secondary N) is 1. The van der Waals surface area contributed by atoms with Crippen LogP contribution in [0.2, 0.25) is 5.02 Å². The van der Waals surface area contributed by atoms with Crippen LogP contribution < -0.4 is 24.4 Å². The Bertz CT molecular complexity index is 1720. The van der Waals surface area contributed by atoms with E-state index in [-0.39, 0.29) is 33.0 Å². The van der Waals surface area contributed by atoms with Crippen LogP contribution in [-0.4, -0.2) is 52.9 Å². The van der Waals surface area contributed by atoms with Crippen molar-refractivity contribution >= 4 is 43.8 Å². The molecule has 3 aromatic carbocycles. The molecule has 1 N–H and O–H groups in total. The number of benzene rings is 3. The quantitative estimate of drug-likeness (QED) is 0.227. The zero-order chi connectivity index (χ0) is 30.1. The Kier molecular flexibility index (Phi) is 8.31. The fraction of sp³-hybridized carbons (Fsp3) is 0.222. The normalized spacial score (nSPS) is 12.6. The Morgan fingerprint density at radius 3 is 2.32 bits per heavy atom. The van der Waals surface area contributed by atoms with Gasteiger partial charge in [-0.25, -0.2) is 8.42 Å². The molecule has 0 aliphatic carbocycles. The number of hydrogen-bond acceptors (Lipinski definition) is 8. The summed E-state index contributed by atoms with van der Waals surface area (Å²) >= 11 is 6.14. The summed E-state index contributed by atoms with van der Waals surface area (Å²) in [7, 11) is 0.391. The second-order valence-corrected chi connectivity index (χ2v) is 11.2. The lowest BCUT2D eigenvalue weighted by molar-refractivity contribution is -0.274. The number of ether oxygens (including phenoxy) is 3. The molecule has 9 nitrogen and oxygen atoms in total. The molecule has 0 saturated heterocycles. The van der Waals surface area contributed by atoms with Crippen molar-refractivity contribution in [2.75, 3.05) is 32.9 Å². The van der Waals surface area contributed by atoms with Gasteiger partial charge in [-0.05, 0) is 42.5 Å². The first-order valence-electron chi connectivity index (χ1n) is 11.7.